The second-order valence-electron chi connectivity index (χ2n) is 8.01. The Morgan fingerprint density at radius 1 is 1.06 bits per heavy atom. The van der Waals surface area contributed by atoms with E-state index < -0.39 is 6.04 Å². The Morgan fingerprint density at radius 2 is 1.74 bits per heavy atom. The highest BCUT2D eigenvalue weighted by molar-refractivity contribution is 7.99. The normalized spacial score (nSPS) is 14.8. The summed E-state index contributed by atoms with van der Waals surface area (Å²) in [7, 11) is 1.65. The predicted octanol–water partition coefficient (Wildman–Crippen LogP) is 4.40. The zero-order chi connectivity index (χ0) is 22.1. The lowest BCUT2D eigenvalue weighted by Gasteiger charge is -2.29. The minimum Gasteiger partial charge on any atom is -0.497 e. The van der Waals surface area contributed by atoms with E-state index in [1.807, 2.05) is 61.5 Å². The van der Waals surface area contributed by atoms with Gasteiger partial charge in [0.25, 0.3) is 0 Å². The minimum absolute atomic E-state index is 0.0172. The lowest BCUT2D eigenvalue weighted by Crippen LogP contribution is -2.50. The molecule has 0 spiro atoms. The molecule has 0 bridgehead atoms. The van der Waals surface area contributed by atoms with E-state index in [2.05, 4.69) is 5.32 Å². The van der Waals surface area contributed by atoms with Crippen molar-refractivity contribution < 1.29 is 14.3 Å². The number of amides is 2. The maximum Gasteiger partial charge on any atom is 0.242 e. The van der Waals surface area contributed by atoms with Gasteiger partial charge in [-0.3, -0.25) is 9.59 Å². The highest BCUT2D eigenvalue weighted by Gasteiger charge is 2.28. The van der Waals surface area contributed by atoms with Gasteiger partial charge in [-0.1, -0.05) is 55.3 Å². The van der Waals surface area contributed by atoms with Crippen molar-refractivity contribution in [2.45, 2.75) is 57.0 Å². The van der Waals surface area contributed by atoms with Gasteiger partial charge in [-0.25, -0.2) is 0 Å². The SMILES string of the molecule is COc1ccc(CSCC(=O)N(Cc2ccccc2)[C@@H](C)C(=O)NC2CCCC2)cc1. The summed E-state index contributed by atoms with van der Waals surface area (Å²) in [5.41, 5.74) is 2.16. The highest BCUT2D eigenvalue weighted by atomic mass is 32.2. The van der Waals surface area contributed by atoms with E-state index in [0.717, 1.165) is 48.3 Å². The first-order chi connectivity index (χ1) is 15.1. The van der Waals surface area contributed by atoms with Gasteiger partial charge >= 0.3 is 0 Å². The van der Waals surface area contributed by atoms with Crippen molar-refractivity contribution in [3.8, 4) is 5.75 Å². The van der Waals surface area contributed by atoms with Crippen LogP contribution in [0.5, 0.6) is 5.75 Å². The monoisotopic (exact) mass is 440 g/mol. The van der Waals surface area contributed by atoms with Crippen LogP contribution < -0.4 is 10.1 Å². The molecular weight excluding hydrogens is 408 g/mol. The predicted molar refractivity (Wildman–Crippen MR) is 126 cm³/mol. The number of hydrogen-bond acceptors (Lipinski definition) is 4. The van der Waals surface area contributed by atoms with Crippen molar-refractivity contribution in [3.05, 3.63) is 65.7 Å². The summed E-state index contributed by atoms with van der Waals surface area (Å²) in [6.07, 6.45) is 4.38. The van der Waals surface area contributed by atoms with Crippen LogP contribution in [0, 0.1) is 0 Å². The van der Waals surface area contributed by atoms with Crippen LogP contribution in [0.25, 0.3) is 0 Å². The Balaban J connectivity index is 1.61. The van der Waals surface area contributed by atoms with Gasteiger partial charge < -0.3 is 15.0 Å². The molecule has 0 aromatic heterocycles. The van der Waals surface area contributed by atoms with Crippen molar-refractivity contribution in [2.75, 3.05) is 12.9 Å². The summed E-state index contributed by atoms with van der Waals surface area (Å²) in [6, 6.07) is 17.5. The van der Waals surface area contributed by atoms with Gasteiger partial charge in [0.2, 0.25) is 11.8 Å². The summed E-state index contributed by atoms with van der Waals surface area (Å²) in [5.74, 6) is 1.81. The van der Waals surface area contributed by atoms with Crippen LogP contribution in [0.15, 0.2) is 54.6 Å². The molecule has 1 aliphatic carbocycles. The standard InChI is InChI=1S/C25H32N2O3S/c1-19(25(29)26-22-10-6-7-11-22)27(16-20-8-4-3-5-9-20)24(28)18-31-17-21-12-14-23(30-2)15-13-21/h3-5,8-9,12-15,19,22H,6-7,10-11,16-18H2,1-2H3,(H,26,29)/t19-/m0/s1. The van der Waals surface area contributed by atoms with E-state index >= 15 is 0 Å². The molecule has 1 N–H and O–H groups in total. The molecule has 3 rings (SSSR count). The molecule has 0 heterocycles. The van der Waals surface area contributed by atoms with Gasteiger partial charge in [-0.05, 0) is 43.0 Å². The largest absolute Gasteiger partial charge is 0.497 e. The zero-order valence-electron chi connectivity index (χ0n) is 18.4. The second kappa shape index (κ2) is 11.8. The Kier molecular flexibility index (Phi) is 8.83. The number of carbonyl (C=O) groups is 2. The summed E-state index contributed by atoms with van der Waals surface area (Å²) in [5, 5.41) is 3.14. The van der Waals surface area contributed by atoms with E-state index in [1.165, 1.54) is 0 Å². The van der Waals surface area contributed by atoms with Crippen LogP contribution in [-0.4, -0.2) is 41.7 Å². The van der Waals surface area contributed by atoms with E-state index in [1.54, 1.807) is 23.8 Å². The van der Waals surface area contributed by atoms with Crippen molar-refractivity contribution >= 4 is 23.6 Å². The van der Waals surface area contributed by atoms with Crippen LogP contribution in [0.1, 0.15) is 43.7 Å². The molecule has 166 valence electrons. The molecule has 6 heteroatoms. The fourth-order valence-electron chi connectivity index (χ4n) is 3.82. The first-order valence-corrected chi connectivity index (χ1v) is 12.1. The molecule has 1 aliphatic rings. The van der Waals surface area contributed by atoms with Gasteiger partial charge in [-0.2, -0.15) is 0 Å². The van der Waals surface area contributed by atoms with Gasteiger partial charge in [0.15, 0.2) is 0 Å². The summed E-state index contributed by atoms with van der Waals surface area (Å²) in [6.45, 7) is 2.27. The third-order valence-electron chi connectivity index (χ3n) is 5.72. The molecule has 5 nitrogen and oxygen atoms in total. The number of rotatable bonds is 10. The number of hydrogen-bond donors (Lipinski definition) is 1. The quantitative estimate of drug-likeness (QED) is 0.595. The second-order valence-corrected chi connectivity index (χ2v) is 9.00. The van der Waals surface area contributed by atoms with Crippen LogP contribution in [0.2, 0.25) is 0 Å². The molecule has 0 saturated heterocycles. The average Bonchev–Trinajstić information content (AvgIpc) is 3.31. The number of thioether (sulfide) groups is 1. The van der Waals surface area contributed by atoms with E-state index in [-0.39, 0.29) is 17.9 Å². The maximum absolute atomic E-state index is 13.1. The lowest BCUT2D eigenvalue weighted by molar-refractivity contribution is -0.138. The molecule has 2 aromatic rings. The summed E-state index contributed by atoms with van der Waals surface area (Å²) in [4.78, 5) is 27.7. The Bertz CT molecular complexity index is 836. The van der Waals surface area contributed by atoms with E-state index in [9.17, 15) is 9.59 Å². The molecule has 1 atom stereocenters. The number of carbonyl (C=O) groups excluding carboxylic acids is 2. The van der Waals surface area contributed by atoms with Gasteiger partial charge in [0.05, 0.1) is 12.9 Å². The van der Waals surface area contributed by atoms with Crippen molar-refractivity contribution in [2.24, 2.45) is 0 Å². The summed E-state index contributed by atoms with van der Waals surface area (Å²) < 4.78 is 5.19. The molecule has 0 unspecified atom stereocenters. The van der Waals surface area contributed by atoms with E-state index in [4.69, 9.17) is 4.74 Å². The molecule has 2 aromatic carbocycles. The van der Waals surface area contributed by atoms with Crippen molar-refractivity contribution in [3.63, 3.8) is 0 Å². The number of nitrogens with one attached hydrogen (secondary N) is 1. The Labute approximate surface area is 189 Å². The highest BCUT2D eigenvalue weighted by Crippen LogP contribution is 2.20. The van der Waals surface area contributed by atoms with Gasteiger partial charge in [0, 0.05) is 18.3 Å². The molecular formula is C25H32N2O3S. The molecule has 1 saturated carbocycles. The first-order valence-electron chi connectivity index (χ1n) is 10.9. The van der Waals surface area contributed by atoms with Crippen LogP contribution >= 0.6 is 11.8 Å². The van der Waals surface area contributed by atoms with Crippen molar-refractivity contribution in [1.29, 1.82) is 0 Å². The van der Waals surface area contributed by atoms with E-state index in [0.29, 0.717) is 12.3 Å². The number of nitrogens with zero attached hydrogens (tertiary/aromatic N) is 1. The number of methoxy groups -OCH3 is 1. The maximum atomic E-state index is 13.1. The van der Waals surface area contributed by atoms with Gasteiger partial charge in [0.1, 0.15) is 11.8 Å². The lowest BCUT2D eigenvalue weighted by atomic mass is 10.1. The number of benzene rings is 2. The summed E-state index contributed by atoms with van der Waals surface area (Å²) >= 11 is 1.57. The smallest absolute Gasteiger partial charge is 0.242 e. The van der Waals surface area contributed by atoms with Crippen LogP contribution in [0.4, 0.5) is 0 Å². The molecule has 2 amide bonds. The minimum atomic E-state index is -0.505. The third-order valence-corrected chi connectivity index (χ3v) is 6.71. The fourth-order valence-corrected chi connectivity index (χ4v) is 4.69. The van der Waals surface area contributed by atoms with Crippen LogP contribution in [0.3, 0.4) is 0 Å². The topological polar surface area (TPSA) is 58.6 Å². The molecule has 31 heavy (non-hydrogen) atoms. The van der Waals surface area contributed by atoms with Crippen LogP contribution in [-0.2, 0) is 21.9 Å². The molecule has 0 radical (unpaired) electrons. The molecule has 1 fully saturated rings. The Hall–Kier alpha value is -2.47. The third kappa shape index (κ3) is 7.03. The zero-order valence-corrected chi connectivity index (χ0v) is 19.2. The fraction of sp³-hybridized carbons (Fsp3) is 0.440. The average molecular weight is 441 g/mol. The Morgan fingerprint density at radius 3 is 2.39 bits per heavy atom. The molecule has 0 aliphatic heterocycles. The van der Waals surface area contributed by atoms with Gasteiger partial charge in [-0.15, -0.1) is 11.8 Å². The first kappa shape index (κ1) is 23.2. The number of ether oxygens (including phenoxy) is 1. The van der Waals surface area contributed by atoms with Crippen molar-refractivity contribution in [1.82, 2.24) is 10.2 Å².